The van der Waals surface area contributed by atoms with Crippen molar-refractivity contribution in [1.29, 1.82) is 0 Å². The Bertz CT molecular complexity index is 961. The number of H-pyrrole nitrogens is 1. The Morgan fingerprint density at radius 1 is 1.23 bits per heavy atom. The van der Waals surface area contributed by atoms with Gasteiger partial charge >= 0.3 is 5.76 Å². The maximum Gasteiger partial charge on any atom is 0.438 e. The van der Waals surface area contributed by atoms with E-state index in [-0.39, 0.29) is 18.3 Å². The Balaban J connectivity index is 1.65. The van der Waals surface area contributed by atoms with Gasteiger partial charge in [0.15, 0.2) is 5.82 Å². The molecule has 0 atom stereocenters. The van der Waals surface area contributed by atoms with Gasteiger partial charge in [0.05, 0.1) is 6.54 Å². The molecule has 0 radical (unpaired) electrons. The fourth-order valence-electron chi connectivity index (χ4n) is 2.53. The van der Waals surface area contributed by atoms with Crippen molar-refractivity contribution in [1.82, 2.24) is 15.0 Å². The van der Waals surface area contributed by atoms with E-state index in [0.29, 0.717) is 17.9 Å². The lowest BCUT2D eigenvalue weighted by atomic mass is 10.1. The molecule has 0 bridgehead atoms. The molecule has 0 saturated carbocycles. The molecule has 0 saturated heterocycles. The van der Waals surface area contributed by atoms with Crippen LogP contribution in [-0.4, -0.2) is 28.0 Å². The summed E-state index contributed by atoms with van der Waals surface area (Å²) in [5, 5.41) is 3.56. The highest BCUT2D eigenvalue weighted by atomic mass is 16.5. The minimum atomic E-state index is -0.646. The molecule has 1 N–H and O–H groups in total. The molecule has 3 aromatic rings. The Kier molecular flexibility index (Phi) is 5.17. The van der Waals surface area contributed by atoms with E-state index >= 15 is 0 Å². The van der Waals surface area contributed by atoms with Crippen molar-refractivity contribution in [3.8, 4) is 5.75 Å². The smallest absolute Gasteiger partial charge is 0.438 e. The molecule has 1 heterocycles. The average molecular weight is 353 g/mol. The summed E-state index contributed by atoms with van der Waals surface area (Å²) in [7, 11) is 1.62. The summed E-state index contributed by atoms with van der Waals surface area (Å²) in [5.41, 5.74) is 2.72. The van der Waals surface area contributed by atoms with Crippen LogP contribution >= 0.6 is 0 Å². The second-order valence-electron chi connectivity index (χ2n) is 6.01. The topological polar surface area (TPSA) is 88.4 Å². The first-order valence-corrected chi connectivity index (χ1v) is 8.10. The Morgan fingerprint density at radius 2 is 2.04 bits per heavy atom. The number of nitrogens with one attached hydrogen (secondary N) is 1. The predicted molar refractivity (Wildman–Crippen MR) is 94.9 cm³/mol. The van der Waals surface area contributed by atoms with E-state index in [1.807, 2.05) is 31.2 Å². The van der Waals surface area contributed by atoms with E-state index in [1.165, 1.54) is 10.5 Å². The van der Waals surface area contributed by atoms with Crippen LogP contribution in [0.4, 0.5) is 0 Å². The van der Waals surface area contributed by atoms with Crippen LogP contribution in [0.3, 0.4) is 0 Å². The summed E-state index contributed by atoms with van der Waals surface area (Å²) in [6.45, 7) is 2.59. The summed E-state index contributed by atoms with van der Waals surface area (Å²) in [5.74, 6) is 0.0422. The first-order chi connectivity index (χ1) is 12.5. The Hall–Kier alpha value is -3.35. The summed E-state index contributed by atoms with van der Waals surface area (Å²) in [6.07, 6.45) is 0. The molecular formula is C19H19N3O4. The molecule has 0 spiro atoms. The molecule has 134 valence electrons. The first kappa shape index (κ1) is 17.5. The van der Waals surface area contributed by atoms with E-state index in [1.54, 1.807) is 25.2 Å². The van der Waals surface area contributed by atoms with Gasteiger partial charge in [0.2, 0.25) is 0 Å². The SMILES string of the molecule is Cc1cccc(COc2cccc(C(=O)N(C)Cc3noc(=O)[nH]3)c2)c1. The molecule has 0 aliphatic heterocycles. The highest BCUT2D eigenvalue weighted by Gasteiger charge is 2.15. The summed E-state index contributed by atoms with van der Waals surface area (Å²) < 4.78 is 10.2. The number of carbonyl (C=O) groups excluding carboxylic acids is 1. The molecule has 7 heteroatoms. The minimum Gasteiger partial charge on any atom is -0.489 e. The Morgan fingerprint density at radius 3 is 2.77 bits per heavy atom. The number of nitrogens with zero attached hydrogens (tertiary/aromatic N) is 2. The van der Waals surface area contributed by atoms with Gasteiger partial charge in [-0.3, -0.25) is 14.3 Å². The summed E-state index contributed by atoms with van der Waals surface area (Å²) in [4.78, 5) is 27.4. The van der Waals surface area contributed by atoms with Crippen molar-refractivity contribution < 1.29 is 14.1 Å². The molecule has 2 aromatic carbocycles. The largest absolute Gasteiger partial charge is 0.489 e. The zero-order chi connectivity index (χ0) is 18.5. The maximum absolute atomic E-state index is 12.5. The molecule has 26 heavy (non-hydrogen) atoms. The highest BCUT2D eigenvalue weighted by molar-refractivity contribution is 5.94. The van der Waals surface area contributed by atoms with Crippen molar-refractivity contribution in [3.05, 3.63) is 81.6 Å². The number of amides is 1. The van der Waals surface area contributed by atoms with Crippen molar-refractivity contribution in [3.63, 3.8) is 0 Å². The van der Waals surface area contributed by atoms with E-state index in [9.17, 15) is 9.59 Å². The van der Waals surface area contributed by atoms with Crippen LogP contribution in [0.25, 0.3) is 0 Å². The first-order valence-electron chi connectivity index (χ1n) is 8.10. The fraction of sp³-hybridized carbons (Fsp3) is 0.211. The van der Waals surface area contributed by atoms with Crippen molar-refractivity contribution >= 4 is 5.91 Å². The van der Waals surface area contributed by atoms with Crippen LogP contribution < -0.4 is 10.5 Å². The van der Waals surface area contributed by atoms with Crippen LogP contribution in [0, 0.1) is 6.92 Å². The van der Waals surface area contributed by atoms with E-state index < -0.39 is 5.76 Å². The van der Waals surface area contributed by atoms with Gasteiger partial charge < -0.3 is 9.64 Å². The third-order valence-electron chi connectivity index (χ3n) is 3.79. The van der Waals surface area contributed by atoms with Crippen molar-refractivity contribution in [2.45, 2.75) is 20.1 Å². The molecule has 0 unspecified atom stereocenters. The lowest BCUT2D eigenvalue weighted by molar-refractivity contribution is 0.0780. The lowest BCUT2D eigenvalue weighted by Gasteiger charge is -2.16. The summed E-state index contributed by atoms with van der Waals surface area (Å²) >= 11 is 0. The van der Waals surface area contributed by atoms with Crippen LogP contribution in [0.2, 0.25) is 0 Å². The van der Waals surface area contributed by atoms with E-state index in [0.717, 1.165) is 5.56 Å². The summed E-state index contributed by atoms with van der Waals surface area (Å²) in [6, 6.07) is 15.0. The van der Waals surface area contributed by atoms with Crippen molar-refractivity contribution in [2.75, 3.05) is 7.05 Å². The number of aryl methyl sites for hydroxylation is 1. The zero-order valence-electron chi connectivity index (χ0n) is 14.6. The average Bonchev–Trinajstić information content (AvgIpc) is 3.04. The second-order valence-corrected chi connectivity index (χ2v) is 6.01. The number of aromatic nitrogens is 2. The van der Waals surface area contributed by atoms with Gasteiger partial charge in [-0.25, -0.2) is 4.79 Å². The van der Waals surface area contributed by atoms with Crippen LogP contribution in [0.5, 0.6) is 5.75 Å². The number of rotatable bonds is 6. The number of hydrogen-bond donors (Lipinski definition) is 1. The molecule has 1 amide bonds. The van der Waals surface area contributed by atoms with Gasteiger partial charge in [-0.2, -0.15) is 0 Å². The molecule has 0 aliphatic carbocycles. The second kappa shape index (κ2) is 7.69. The monoisotopic (exact) mass is 353 g/mol. The maximum atomic E-state index is 12.5. The van der Waals surface area contributed by atoms with Gasteiger partial charge in [-0.15, -0.1) is 0 Å². The molecular weight excluding hydrogens is 334 g/mol. The quantitative estimate of drug-likeness (QED) is 0.736. The number of hydrogen-bond acceptors (Lipinski definition) is 5. The van der Waals surface area contributed by atoms with E-state index in [4.69, 9.17) is 4.74 Å². The number of benzene rings is 2. The minimum absolute atomic E-state index is 0.138. The Labute approximate surface area is 150 Å². The van der Waals surface area contributed by atoms with Gasteiger partial charge in [0, 0.05) is 12.6 Å². The van der Waals surface area contributed by atoms with Crippen LogP contribution in [-0.2, 0) is 13.2 Å². The molecule has 0 fully saturated rings. The van der Waals surface area contributed by atoms with Gasteiger partial charge in [0.1, 0.15) is 12.4 Å². The van der Waals surface area contributed by atoms with Crippen LogP contribution in [0.1, 0.15) is 27.3 Å². The standard InChI is InChI=1S/C19H19N3O4/c1-13-5-3-6-14(9-13)12-25-16-8-4-7-15(10-16)18(23)22(2)11-17-20-19(24)26-21-17/h3-10H,11-12H2,1-2H3,(H,20,21,24). The fourth-order valence-corrected chi connectivity index (χ4v) is 2.53. The molecule has 7 nitrogen and oxygen atoms in total. The number of carbonyl (C=O) groups is 1. The van der Waals surface area contributed by atoms with E-state index in [2.05, 4.69) is 20.7 Å². The van der Waals surface area contributed by atoms with Gasteiger partial charge in [-0.1, -0.05) is 41.1 Å². The number of ether oxygens (including phenoxy) is 1. The third-order valence-corrected chi connectivity index (χ3v) is 3.79. The third kappa shape index (κ3) is 4.38. The molecule has 0 aliphatic rings. The predicted octanol–water partition coefficient (Wildman–Crippen LogP) is 2.52. The zero-order valence-corrected chi connectivity index (χ0v) is 14.6. The lowest BCUT2D eigenvalue weighted by Crippen LogP contribution is -2.26. The highest BCUT2D eigenvalue weighted by Crippen LogP contribution is 2.17. The van der Waals surface area contributed by atoms with Crippen LogP contribution in [0.15, 0.2) is 57.8 Å². The molecule has 3 rings (SSSR count). The molecule has 1 aromatic heterocycles. The normalized spacial score (nSPS) is 10.5. The van der Waals surface area contributed by atoms with Gasteiger partial charge in [0.25, 0.3) is 5.91 Å². The van der Waals surface area contributed by atoms with Gasteiger partial charge in [-0.05, 0) is 30.7 Å². The number of aromatic amines is 1. The van der Waals surface area contributed by atoms with Crippen molar-refractivity contribution in [2.24, 2.45) is 0 Å².